The summed E-state index contributed by atoms with van der Waals surface area (Å²) in [6.07, 6.45) is 0. The van der Waals surface area contributed by atoms with Gasteiger partial charge in [0.2, 0.25) is 11.8 Å². The van der Waals surface area contributed by atoms with Crippen LogP contribution >= 0.6 is 23.5 Å². The van der Waals surface area contributed by atoms with Crippen molar-refractivity contribution in [3.8, 4) is 11.5 Å². The van der Waals surface area contributed by atoms with Gasteiger partial charge < -0.3 is 48.0 Å². The molecule has 6 rings (SSSR count). The number of aromatic hydroxyl groups is 2. The van der Waals surface area contributed by atoms with E-state index in [4.69, 9.17) is 11.5 Å². The second kappa shape index (κ2) is 15.4. The molecule has 0 saturated carbocycles. The van der Waals surface area contributed by atoms with Crippen LogP contribution in [-0.2, 0) is 28.8 Å². The maximum atomic E-state index is 12.3. The largest absolute Gasteiger partial charge is 0.508 e. The van der Waals surface area contributed by atoms with Gasteiger partial charge >= 0.3 is 11.9 Å². The van der Waals surface area contributed by atoms with Gasteiger partial charge in [0.25, 0.3) is 11.8 Å². The van der Waals surface area contributed by atoms with Gasteiger partial charge in [-0.3, -0.25) is 29.0 Å². The van der Waals surface area contributed by atoms with E-state index in [2.05, 4.69) is 10.6 Å². The lowest BCUT2D eigenvalue weighted by molar-refractivity contribution is -0.150. The van der Waals surface area contributed by atoms with Crippen molar-refractivity contribution in [1.29, 1.82) is 0 Å². The SMILES string of the molecule is CC1=C(C(=O)O)N2C(=O)[C@@H](NC(=O)[C@H](N)c3ccc(O)cc3)[C@H]2SC1.CC1=C(C(=O)O)N2C(=O)[C@@H](NC(=O)[C@H](N)c3ccc(O)cc3)[C@H]2SC1.O. The number of phenolic OH excluding ortho intramolecular Hbond substituents is 2. The zero-order valence-electron chi connectivity index (χ0n) is 27.1. The first-order chi connectivity index (χ1) is 23.6. The summed E-state index contributed by atoms with van der Waals surface area (Å²) in [4.78, 5) is 74.4. The van der Waals surface area contributed by atoms with Crippen LogP contribution in [0.3, 0.4) is 0 Å². The molecule has 2 aromatic carbocycles. The molecule has 19 heteroatoms. The molecular formula is C32H36N6O11S2. The molecule has 4 amide bonds. The standard InChI is InChI=1S/2C16H17N3O5S.H2O/c2*1-7-6-25-15-11(14(22)19(15)12(7)16(23)24)18-13(21)10(17)8-2-4-9(20)5-3-8;/h2*2-5,10-11,15,20H,6,17H2,1H3,(H,18,21)(H,23,24);1H2/t2*10-,11-,15-;/m11./s1. The van der Waals surface area contributed by atoms with Gasteiger partial charge in [0.1, 0.15) is 57.8 Å². The molecule has 12 N–H and O–H groups in total. The van der Waals surface area contributed by atoms with Gasteiger partial charge in [-0.25, -0.2) is 9.59 Å². The Hall–Kier alpha value is -5.08. The number of thioether (sulfide) groups is 2. The molecule has 0 bridgehead atoms. The minimum atomic E-state index is -1.15. The van der Waals surface area contributed by atoms with Gasteiger partial charge in [-0.05, 0) is 60.4 Å². The summed E-state index contributed by atoms with van der Waals surface area (Å²) in [6, 6.07) is 8.19. The van der Waals surface area contributed by atoms with Crippen LogP contribution in [0.4, 0.5) is 0 Å². The molecular weight excluding hydrogens is 709 g/mol. The Morgan fingerprint density at radius 1 is 0.686 bits per heavy atom. The summed E-state index contributed by atoms with van der Waals surface area (Å²) >= 11 is 2.80. The first-order valence-electron chi connectivity index (χ1n) is 15.1. The van der Waals surface area contributed by atoms with Crippen molar-refractivity contribution < 1.29 is 54.7 Å². The monoisotopic (exact) mass is 744 g/mol. The lowest BCUT2D eigenvalue weighted by Gasteiger charge is -2.49. The molecule has 17 nitrogen and oxygen atoms in total. The number of carboxylic acids is 2. The number of phenols is 2. The summed E-state index contributed by atoms with van der Waals surface area (Å²) in [5.41, 5.74) is 14.0. The van der Waals surface area contributed by atoms with E-state index in [1.165, 1.54) is 81.9 Å². The van der Waals surface area contributed by atoms with E-state index in [9.17, 15) is 49.2 Å². The first-order valence-corrected chi connectivity index (χ1v) is 17.2. The Balaban J connectivity index is 0.000000224. The number of nitrogens with two attached hydrogens (primary N) is 2. The van der Waals surface area contributed by atoms with Crippen LogP contribution in [-0.4, -0.2) is 106 Å². The number of rotatable bonds is 8. The zero-order valence-corrected chi connectivity index (χ0v) is 28.7. The van der Waals surface area contributed by atoms with Gasteiger partial charge in [0, 0.05) is 11.5 Å². The average Bonchev–Trinajstić information content (AvgIpc) is 3.09. The summed E-state index contributed by atoms with van der Waals surface area (Å²) in [7, 11) is 0. The Morgan fingerprint density at radius 3 is 1.29 bits per heavy atom. The Morgan fingerprint density at radius 2 is 1.00 bits per heavy atom. The van der Waals surface area contributed by atoms with Crippen molar-refractivity contribution in [3.63, 3.8) is 0 Å². The van der Waals surface area contributed by atoms with Crippen LogP contribution in [0.15, 0.2) is 71.1 Å². The van der Waals surface area contributed by atoms with E-state index in [1.807, 2.05) is 0 Å². The first kappa shape index (κ1) is 38.7. The second-order valence-electron chi connectivity index (χ2n) is 11.8. The van der Waals surface area contributed by atoms with Crippen LogP contribution in [0.2, 0.25) is 0 Å². The quantitative estimate of drug-likeness (QED) is 0.158. The van der Waals surface area contributed by atoms with Crippen molar-refractivity contribution in [2.24, 2.45) is 11.5 Å². The third-order valence-electron chi connectivity index (χ3n) is 8.39. The Bertz CT molecular complexity index is 1690. The van der Waals surface area contributed by atoms with Crippen molar-refractivity contribution >= 4 is 59.1 Å². The number of nitrogens with zero attached hydrogens (tertiary/aromatic N) is 2. The number of benzene rings is 2. The highest BCUT2D eigenvalue weighted by molar-refractivity contribution is 8.00. The Kier molecular flexibility index (Phi) is 11.7. The van der Waals surface area contributed by atoms with Crippen molar-refractivity contribution in [1.82, 2.24) is 20.4 Å². The van der Waals surface area contributed by atoms with Gasteiger partial charge in [0.15, 0.2) is 0 Å². The van der Waals surface area contributed by atoms with Crippen LogP contribution in [0.1, 0.15) is 37.1 Å². The third kappa shape index (κ3) is 7.52. The lowest BCUT2D eigenvalue weighted by atomic mass is 10.0. The van der Waals surface area contributed by atoms with E-state index in [0.29, 0.717) is 33.8 Å². The molecule has 0 radical (unpaired) electrons. The normalized spacial score (nSPS) is 23.1. The molecule has 0 unspecified atom stereocenters. The predicted molar refractivity (Wildman–Crippen MR) is 184 cm³/mol. The molecule has 272 valence electrons. The number of carbonyl (C=O) groups excluding carboxylic acids is 4. The van der Waals surface area contributed by atoms with Gasteiger partial charge in [-0.15, -0.1) is 23.5 Å². The van der Waals surface area contributed by atoms with E-state index >= 15 is 0 Å². The lowest BCUT2D eigenvalue weighted by Crippen LogP contribution is -2.71. The maximum Gasteiger partial charge on any atom is 0.352 e. The van der Waals surface area contributed by atoms with Crippen molar-refractivity contribution in [3.05, 3.63) is 82.2 Å². The number of carbonyl (C=O) groups is 6. The van der Waals surface area contributed by atoms with E-state index in [1.54, 1.807) is 13.8 Å². The van der Waals surface area contributed by atoms with Gasteiger partial charge in [-0.1, -0.05) is 24.3 Å². The van der Waals surface area contributed by atoms with Gasteiger partial charge in [-0.2, -0.15) is 0 Å². The van der Waals surface area contributed by atoms with E-state index in [0.717, 1.165) is 0 Å². The van der Waals surface area contributed by atoms with Crippen LogP contribution in [0.5, 0.6) is 11.5 Å². The number of fused-ring (bicyclic) bond motifs is 2. The minimum Gasteiger partial charge on any atom is -0.508 e. The smallest absolute Gasteiger partial charge is 0.352 e. The minimum absolute atomic E-state index is 0. The topological polar surface area (TPSA) is 297 Å². The molecule has 4 heterocycles. The van der Waals surface area contributed by atoms with Crippen molar-refractivity contribution in [2.45, 2.75) is 48.8 Å². The predicted octanol–water partition coefficient (Wildman–Crippen LogP) is -0.524. The number of nitrogens with one attached hydrogen (secondary N) is 2. The third-order valence-corrected chi connectivity index (χ3v) is 11.2. The van der Waals surface area contributed by atoms with Crippen LogP contribution in [0, 0.1) is 0 Å². The Labute approximate surface area is 299 Å². The maximum absolute atomic E-state index is 12.3. The highest BCUT2D eigenvalue weighted by Gasteiger charge is 2.55. The van der Waals surface area contributed by atoms with E-state index in [-0.39, 0.29) is 28.4 Å². The summed E-state index contributed by atoms with van der Waals surface area (Å²) in [6.45, 7) is 3.35. The summed E-state index contributed by atoms with van der Waals surface area (Å²) in [5, 5.41) is 41.4. The molecule has 2 aromatic rings. The average molecular weight is 745 g/mol. The number of aliphatic carboxylic acids is 2. The van der Waals surface area contributed by atoms with E-state index < -0.39 is 70.5 Å². The van der Waals surface area contributed by atoms with Crippen molar-refractivity contribution in [2.75, 3.05) is 11.5 Å². The second-order valence-corrected chi connectivity index (χ2v) is 14.0. The highest BCUT2D eigenvalue weighted by Crippen LogP contribution is 2.41. The van der Waals surface area contributed by atoms with Crippen LogP contribution < -0.4 is 22.1 Å². The fourth-order valence-corrected chi connectivity index (χ4v) is 8.29. The molecule has 0 aromatic heterocycles. The van der Waals surface area contributed by atoms with Crippen LogP contribution in [0.25, 0.3) is 0 Å². The number of β-lactam (4-membered cyclic amide) rings is 2. The molecule has 2 saturated heterocycles. The molecule has 51 heavy (non-hydrogen) atoms. The number of hydrogen-bond acceptors (Lipinski definition) is 12. The molecule has 2 fully saturated rings. The number of carboxylic acid groups (broad SMARTS) is 2. The zero-order chi connectivity index (χ0) is 36.6. The molecule has 0 aliphatic carbocycles. The number of amides is 4. The molecule has 4 aliphatic rings. The number of hydrogen-bond donors (Lipinski definition) is 8. The molecule has 0 spiro atoms. The fourth-order valence-electron chi connectivity index (χ4n) is 5.70. The fraction of sp³-hybridized carbons (Fsp3) is 0.312. The summed E-state index contributed by atoms with van der Waals surface area (Å²) < 4.78 is 0. The highest BCUT2D eigenvalue weighted by atomic mass is 32.2. The molecule has 4 aliphatic heterocycles. The van der Waals surface area contributed by atoms with Gasteiger partial charge in [0.05, 0.1) is 0 Å². The molecule has 6 atom stereocenters. The summed E-state index contributed by atoms with van der Waals surface area (Å²) in [5.74, 6) is -3.21.